The Kier molecular flexibility index (Phi) is 5.69. The van der Waals surface area contributed by atoms with Crippen LogP contribution in [0, 0.1) is 5.82 Å². The lowest BCUT2D eigenvalue weighted by Gasteiger charge is -2.24. The summed E-state index contributed by atoms with van der Waals surface area (Å²) in [6.45, 7) is -2.62. The summed E-state index contributed by atoms with van der Waals surface area (Å²) in [6.07, 6.45) is -4.55. The molecule has 0 radical (unpaired) electrons. The Hall–Kier alpha value is -1.72. The number of rotatable bonds is 6. The number of hydrogen-bond donors (Lipinski definition) is 1. The van der Waals surface area contributed by atoms with E-state index in [1.807, 2.05) is 0 Å². The molecule has 0 fully saturated rings. The number of benzene rings is 1. The van der Waals surface area contributed by atoms with Crippen LogP contribution in [0.1, 0.15) is 12.0 Å². The van der Waals surface area contributed by atoms with Crippen LogP contribution in [0.4, 0.5) is 23.2 Å². The zero-order valence-corrected chi connectivity index (χ0v) is 14.0. The molecule has 6 nitrogen and oxygen atoms in total. The number of alkyl halides is 3. The minimum atomic E-state index is -4.79. The van der Waals surface area contributed by atoms with Crippen molar-refractivity contribution in [3.8, 4) is 0 Å². The molecule has 0 atom stereocenters. The van der Waals surface area contributed by atoms with Gasteiger partial charge in [-0.1, -0.05) is 0 Å². The molecule has 1 heterocycles. The van der Waals surface area contributed by atoms with Gasteiger partial charge in [-0.3, -0.25) is 4.79 Å². The molecule has 1 amide bonds. The van der Waals surface area contributed by atoms with Crippen LogP contribution in [0.15, 0.2) is 17.0 Å². The van der Waals surface area contributed by atoms with Crippen LogP contribution in [0.2, 0.25) is 0 Å². The van der Waals surface area contributed by atoms with Gasteiger partial charge in [-0.2, -0.15) is 17.5 Å². The number of carbonyl (C=O) groups is 1. The van der Waals surface area contributed by atoms with E-state index in [0.717, 1.165) is 12.1 Å². The van der Waals surface area contributed by atoms with E-state index in [1.165, 1.54) is 7.11 Å². The first-order chi connectivity index (χ1) is 11.5. The molecule has 25 heavy (non-hydrogen) atoms. The van der Waals surface area contributed by atoms with Crippen LogP contribution in [0.25, 0.3) is 0 Å². The van der Waals surface area contributed by atoms with E-state index < -0.39 is 40.0 Å². The lowest BCUT2D eigenvalue weighted by atomic mass is 10.0. The first kappa shape index (κ1) is 19.6. The Morgan fingerprint density at radius 3 is 2.56 bits per heavy atom. The third kappa shape index (κ3) is 4.67. The van der Waals surface area contributed by atoms with Crippen LogP contribution >= 0.6 is 0 Å². The zero-order valence-electron chi connectivity index (χ0n) is 13.2. The van der Waals surface area contributed by atoms with Crippen molar-refractivity contribution in [3.05, 3.63) is 23.5 Å². The van der Waals surface area contributed by atoms with Crippen molar-refractivity contribution in [1.29, 1.82) is 0 Å². The van der Waals surface area contributed by atoms with Gasteiger partial charge in [0.25, 0.3) is 0 Å². The largest absolute Gasteiger partial charge is 0.402 e. The maximum atomic E-state index is 14.2. The first-order valence-corrected chi connectivity index (χ1v) is 8.66. The van der Waals surface area contributed by atoms with Crippen LogP contribution in [0.5, 0.6) is 0 Å². The smallest absolute Gasteiger partial charge is 0.383 e. The second kappa shape index (κ2) is 7.26. The number of sulfonamides is 1. The summed E-state index contributed by atoms with van der Waals surface area (Å²) in [4.78, 5) is 10.4. The Morgan fingerprint density at radius 1 is 1.28 bits per heavy atom. The van der Waals surface area contributed by atoms with Crippen molar-refractivity contribution in [3.63, 3.8) is 0 Å². The molecule has 1 aliphatic rings. The molecule has 0 bridgehead atoms. The highest BCUT2D eigenvalue weighted by Gasteiger charge is 2.38. The van der Waals surface area contributed by atoms with E-state index in [0.29, 0.717) is 5.56 Å². The maximum absolute atomic E-state index is 14.2. The van der Waals surface area contributed by atoms with Crippen LogP contribution in [-0.2, 0) is 26.0 Å². The summed E-state index contributed by atoms with van der Waals surface area (Å²) in [6, 6.07) is 1.77. The van der Waals surface area contributed by atoms with Crippen molar-refractivity contribution in [2.24, 2.45) is 0 Å². The van der Waals surface area contributed by atoms with E-state index in [2.05, 4.69) is 10.1 Å². The van der Waals surface area contributed by atoms with Gasteiger partial charge in [0, 0.05) is 25.8 Å². The van der Waals surface area contributed by atoms with Gasteiger partial charge in [0.1, 0.15) is 17.3 Å². The lowest BCUT2D eigenvalue weighted by molar-refractivity contribution is -0.137. The molecule has 1 N–H and O–H groups in total. The predicted molar refractivity (Wildman–Crippen MR) is 80.0 cm³/mol. The number of amides is 1. The van der Waals surface area contributed by atoms with E-state index in [9.17, 15) is 30.8 Å². The Labute approximate surface area is 141 Å². The summed E-state index contributed by atoms with van der Waals surface area (Å²) in [5, 5.41) is 2.39. The molecule has 11 heteroatoms. The van der Waals surface area contributed by atoms with Gasteiger partial charge >= 0.3 is 6.18 Å². The molecular formula is C14H16F4N2O4S. The lowest BCUT2D eigenvalue weighted by Crippen LogP contribution is -2.41. The average Bonchev–Trinajstić information content (AvgIpc) is 2.49. The minimum Gasteiger partial charge on any atom is -0.383 e. The van der Waals surface area contributed by atoms with Crippen molar-refractivity contribution in [1.82, 2.24) is 4.31 Å². The normalized spacial score (nSPS) is 15.2. The molecule has 1 aliphatic heterocycles. The van der Waals surface area contributed by atoms with Crippen LogP contribution < -0.4 is 5.32 Å². The number of nitrogens with zero attached hydrogens (tertiary/aromatic N) is 1. The third-order valence-electron chi connectivity index (χ3n) is 3.57. The zero-order chi connectivity index (χ0) is 18.8. The van der Waals surface area contributed by atoms with Gasteiger partial charge < -0.3 is 10.1 Å². The number of aryl methyl sites for hydroxylation is 1. The average molecular weight is 384 g/mol. The fourth-order valence-electron chi connectivity index (χ4n) is 2.39. The molecule has 140 valence electrons. The van der Waals surface area contributed by atoms with Crippen LogP contribution in [0.3, 0.4) is 0 Å². The molecule has 1 aromatic carbocycles. The summed E-state index contributed by atoms with van der Waals surface area (Å²) in [5.74, 6) is -1.58. The number of hydrogen-bond acceptors (Lipinski definition) is 4. The topological polar surface area (TPSA) is 75.7 Å². The quantitative estimate of drug-likeness (QED) is 0.761. The molecule has 0 saturated carbocycles. The molecule has 0 spiro atoms. The number of methoxy groups -OCH3 is 1. The number of nitrogens with one attached hydrogen (secondary N) is 1. The number of fused-ring (bicyclic) bond motifs is 1. The third-order valence-corrected chi connectivity index (χ3v) is 5.43. The molecule has 0 saturated heterocycles. The number of anilines is 1. The van der Waals surface area contributed by atoms with E-state index in [4.69, 9.17) is 0 Å². The molecule has 0 unspecified atom stereocenters. The van der Waals surface area contributed by atoms with E-state index >= 15 is 0 Å². The molecule has 1 aromatic rings. The monoisotopic (exact) mass is 384 g/mol. The molecular weight excluding hydrogens is 368 g/mol. The SMILES string of the molecule is COCCN(CC(F)(F)F)S(=O)(=O)c1cc2c(cc1F)NC(=O)CC2. The molecule has 2 rings (SSSR count). The van der Waals surface area contributed by atoms with Crippen molar-refractivity contribution >= 4 is 21.6 Å². The molecule has 0 aliphatic carbocycles. The van der Waals surface area contributed by atoms with Gasteiger partial charge in [-0.15, -0.1) is 0 Å². The van der Waals surface area contributed by atoms with Gasteiger partial charge in [0.15, 0.2) is 0 Å². The van der Waals surface area contributed by atoms with Gasteiger partial charge in [-0.05, 0) is 24.1 Å². The highest BCUT2D eigenvalue weighted by atomic mass is 32.2. The fraction of sp³-hybridized carbons (Fsp3) is 0.500. The highest BCUT2D eigenvalue weighted by molar-refractivity contribution is 7.89. The van der Waals surface area contributed by atoms with Gasteiger partial charge in [-0.25, -0.2) is 12.8 Å². The fourth-order valence-corrected chi connectivity index (χ4v) is 3.90. The van der Waals surface area contributed by atoms with Gasteiger partial charge in [0.2, 0.25) is 15.9 Å². The maximum Gasteiger partial charge on any atom is 0.402 e. The number of halogens is 4. The Balaban J connectivity index is 2.43. The van der Waals surface area contributed by atoms with Crippen molar-refractivity contribution in [2.75, 3.05) is 32.1 Å². The van der Waals surface area contributed by atoms with Crippen LogP contribution in [-0.4, -0.2) is 51.6 Å². The van der Waals surface area contributed by atoms with E-state index in [-0.39, 0.29) is 35.3 Å². The predicted octanol–water partition coefficient (Wildman–Crippen LogP) is 1.91. The Morgan fingerprint density at radius 2 is 1.96 bits per heavy atom. The second-order valence-corrected chi connectivity index (χ2v) is 7.34. The van der Waals surface area contributed by atoms with Crippen molar-refractivity contribution < 1.29 is 35.5 Å². The standard InChI is InChI=1S/C14H16F4N2O4S/c1-24-5-4-20(8-14(16,17)18)25(22,23)12-6-9-2-3-13(21)19-11(9)7-10(12)15/h6-7H,2-5,8H2,1H3,(H,19,21). The van der Waals surface area contributed by atoms with Crippen molar-refractivity contribution in [2.45, 2.75) is 23.9 Å². The number of carbonyl (C=O) groups excluding carboxylic acids is 1. The molecule has 0 aromatic heterocycles. The summed E-state index contributed by atoms with van der Waals surface area (Å²) < 4.78 is 82.2. The second-order valence-electron chi connectivity index (χ2n) is 5.43. The first-order valence-electron chi connectivity index (χ1n) is 7.22. The summed E-state index contributed by atoms with van der Waals surface area (Å²) in [5.41, 5.74) is 0.463. The van der Waals surface area contributed by atoms with E-state index in [1.54, 1.807) is 0 Å². The van der Waals surface area contributed by atoms with Gasteiger partial charge in [0.05, 0.1) is 6.61 Å². The highest BCUT2D eigenvalue weighted by Crippen LogP contribution is 2.30. The number of ether oxygens (including phenoxy) is 1. The minimum absolute atomic E-state index is 0.0774. The Bertz CT molecular complexity index is 765. The summed E-state index contributed by atoms with van der Waals surface area (Å²) in [7, 11) is -3.53. The summed E-state index contributed by atoms with van der Waals surface area (Å²) >= 11 is 0.